The molecule has 0 fully saturated rings. The van der Waals surface area contributed by atoms with E-state index in [1.54, 1.807) is 7.11 Å². The minimum absolute atomic E-state index is 0.0592. The Labute approximate surface area is 144 Å². The molecular weight excluding hydrogens is 328 g/mol. The van der Waals surface area contributed by atoms with Gasteiger partial charge in [-0.15, -0.1) is 0 Å². The summed E-state index contributed by atoms with van der Waals surface area (Å²) in [6, 6.07) is 5.73. The summed E-state index contributed by atoms with van der Waals surface area (Å²) in [5.41, 5.74) is 2.14. The SMILES string of the molecule is CCCCC(=O)NCCS(=O)(=O)N1CCc2cc(OC)ccc2C1. The molecule has 0 saturated carbocycles. The molecule has 1 amide bonds. The lowest BCUT2D eigenvalue weighted by Crippen LogP contribution is -2.40. The van der Waals surface area contributed by atoms with Crippen molar-refractivity contribution in [2.45, 2.75) is 39.2 Å². The number of nitrogens with one attached hydrogen (secondary N) is 1. The molecule has 0 aliphatic carbocycles. The lowest BCUT2D eigenvalue weighted by molar-refractivity contribution is -0.121. The molecule has 6 nitrogen and oxygen atoms in total. The monoisotopic (exact) mass is 354 g/mol. The number of benzene rings is 1. The molecule has 1 N–H and O–H groups in total. The largest absolute Gasteiger partial charge is 0.497 e. The number of amides is 1. The third kappa shape index (κ3) is 4.95. The van der Waals surface area contributed by atoms with Crippen molar-refractivity contribution in [2.75, 3.05) is 26.0 Å². The van der Waals surface area contributed by atoms with E-state index in [1.165, 1.54) is 4.31 Å². The maximum Gasteiger partial charge on any atom is 0.220 e. The van der Waals surface area contributed by atoms with E-state index in [1.807, 2.05) is 25.1 Å². The highest BCUT2D eigenvalue weighted by atomic mass is 32.2. The molecule has 1 aliphatic rings. The van der Waals surface area contributed by atoms with E-state index < -0.39 is 10.0 Å². The van der Waals surface area contributed by atoms with Gasteiger partial charge in [0, 0.05) is 26.1 Å². The number of unbranched alkanes of at least 4 members (excludes halogenated alkanes) is 1. The van der Waals surface area contributed by atoms with Crippen LogP contribution >= 0.6 is 0 Å². The average Bonchev–Trinajstić information content (AvgIpc) is 2.58. The Morgan fingerprint density at radius 3 is 2.83 bits per heavy atom. The van der Waals surface area contributed by atoms with Gasteiger partial charge in [0.25, 0.3) is 0 Å². The van der Waals surface area contributed by atoms with Crippen molar-refractivity contribution in [3.63, 3.8) is 0 Å². The summed E-state index contributed by atoms with van der Waals surface area (Å²) in [6.45, 7) is 3.02. The molecule has 2 rings (SSSR count). The Hall–Kier alpha value is -1.60. The second kappa shape index (κ2) is 8.48. The molecule has 1 aliphatic heterocycles. The van der Waals surface area contributed by atoms with E-state index in [9.17, 15) is 13.2 Å². The molecule has 1 heterocycles. The highest BCUT2D eigenvalue weighted by Crippen LogP contribution is 2.25. The third-order valence-corrected chi connectivity index (χ3v) is 6.04. The first-order chi connectivity index (χ1) is 11.5. The van der Waals surface area contributed by atoms with Crippen LogP contribution in [0.5, 0.6) is 5.75 Å². The maximum absolute atomic E-state index is 12.5. The second-order valence-electron chi connectivity index (χ2n) is 5.99. The number of methoxy groups -OCH3 is 1. The van der Waals surface area contributed by atoms with Crippen molar-refractivity contribution in [3.05, 3.63) is 29.3 Å². The third-order valence-electron chi connectivity index (χ3n) is 4.22. The summed E-state index contributed by atoms with van der Waals surface area (Å²) in [5, 5.41) is 2.69. The fourth-order valence-electron chi connectivity index (χ4n) is 2.74. The van der Waals surface area contributed by atoms with E-state index in [0.29, 0.717) is 25.9 Å². The highest BCUT2D eigenvalue weighted by molar-refractivity contribution is 7.89. The van der Waals surface area contributed by atoms with Crippen molar-refractivity contribution in [3.8, 4) is 5.75 Å². The normalized spacial score (nSPS) is 14.9. The summed E-state index contributed by atoms with van der Waals surface area (Å²) < 4.78 is 31.6. The number of sulfonamides is 1. The van der Waals surface area contributed by atoms with Crippen molar-refractivity contribution < 1.29 is 17.9 Å². The van der Waals surface area contributed by atoms with Crippen LogP contribution in [0.2, 0.25) is 0 Å². The van der Waals surface area contributed by atoms with E-state index in [0.717, 1.165) is 29.7 Å². The van der Waals surface area contributed by atoms with Gasteiger partial charge in [-0.25, -0.2) is 8.42 Å². The molecule has 0 bridgehead atoms. The van der Waals surface area contributed by atoms with Crippen LogP contribution in [-0.4, -0.2) is 44.6 Å². The van der Waals surface area contributed by atoms with Crippen LogP contribution in [0.1, 0.15) is 37.3 Å². The van der Waals surface area contributed by atoms with Crippen LogP contribution in [0.15, 0.2) is 18.2 Å². The van der Waals surface area contributed by atoms with E-state index in [-0.39, 0.29) is 18.2 Å². The predicted octanol–water partition coefficient (Wildman–Crippen LogP) is 1.69. The molecule has 0 spiro atoms. The number of hydrogen-bond donors (Lipinski definition) is 1. The lowest BCUT2D eigenvalue weighted by Gasteiger charge is -2.28. The van der Waals surface area contributed by atoms with Gasteiger partial charge in [0.2, 0.25) is 15.9 Å². The zero-order valence-electron chi connectivity index (χ0n) is 14.4. The number of rotatable bonds is 8. The fourth-order valence-corrected chi connectivity index (χ4v) is 4.07. The first-order valence-electron chi connectivity index (χ1n) is 8.36. The zero-order valence-corrected chi connectivity index (χ0v) is 15.2. The molecule has 0 aromatic heterocycles. The van der Waals surface area contributed by atoms with Gasteiger partial charge in [0.15, 0.2) is 0 Å². The number of carbonyl (C=O) groups excluding carboxylic acids is 1. The molecule has 134 valence electrons. The Morgan fingerprint density at radius 2 is 2.12 bits per heavy atom. The fraction of sp³-hybridized carbons (Fsp3) is 0.588. The first-order valence-corrected chi connectivity index (χ1v) is 9.97. The standard InChI is InChI=1S/C17H26N2O4S/c1-3-4-5-17(20)18-9-11-24(21,22)19-10-8-14-12-16(23-2)7-6-15(14)13-19/h6-7,12H,3-5,8-11,13H2,1-2H3,(H,18,20). The Kier molecular flexibility index (Phi) is 6.62. The van der Waals surface area contributed by atoms with Crippen LogP contribution in [0.25, 0.3) is 0 Å². The number of hydrogen-bond acceptors (Lipinski definition) is 4. The van der Waals surface area contributed by atoms with Gasteiger partial charge in [-0.1, -0.05) is 19.4 Å². The Bertz CT molecular complexity index is 673. The summed E-state index contributed by atoms with van der Waals surface area (Å²) in [7, 11) is -1.75. The molecule has 1 aromatic rings. The van der Waals surface area contributed by atoms with Gasteiger partial charge < -0.3 is 10.1 Å². The summed E-state index contributed by atoms with van der Waals surface area (Å²) in [5.74, 6) is 0.652. The molecule has 0 saturated heterocycles. The molecule has 0 radical (unpaired) electrons. The summed E-state index contributed by atoms with van der Waals surface area (Å²) in [6.07, 6.45) is 2.90. The second-order valence-corrected chi connectivity index (χ2v) is 8.08. The van der Waals surface area contributed by atoms with E-state index >= 15 is 0 Å². The maximum atomic E-state index is 12.5. The molecule has 24 heavy (non-hydrogen) atoms. The molecule has 1 aromatic carbocycles. The van der Waals surface area contributed by atoms with Gasteiger partial charge in [0.05, 0.1) is 12.9 Å². The van der Waals surface area contributed by atoms with Crippen LogP contribution in [0.3, 0.4) is 0 Å². The molecular formula is C17H26N2O4S. The quantitative estimate of drug-likeness (QED) is 0.771. The van der Waals surface area contributed by atoms with Crippen molar-refractivity contribution in [2.24, 2.45) is 0 Å². The number of ether oxygens (including phenoxy) is 1. The molecule has 7 heteroatoms. The van der Waals surface area contributed by atoms with Crippen LogP contribution < -0.4 is 10.1 Å². The Balaban J connectivity index is 1.90. The number of carbonyl (C=O) groups is 1. The minimum atomic E-state index is -3.37. The van der Waals surface area contributed by atoms with Crippen molar-refractivity contribution in [1.29, 1.82) is 0 Å². The van der Waals surface area contributed by atoms with Crippen molar-refractivity contribution in [1.82, 2.24) is 9.62 Å². The highest BCUT2D eigenvalue weighted by Gasteiger charge is 2.26. The first kappa shape index (κ1) is 18.7. The number of fused-ring (bicyclic) bond motifs is 1. The van der Waals surface area contributed by atoms with Gasteiger partial charge in [-0.05, 0) is 36.1 Å². The van der Waals surface area contributed by atoms with Crippen LogP contribution in [-0.2, 0) is 27.8 Å². The van der Waals surface area contributed by atoms with Crippen LogP contribution in [0, 0.1) is 0 Å². The van der Waals surface area contributed by atoms with E-state index in [2.05, 4.69) is 5.32 Å². The van der Waals surface area contributed by atoms with Gasteiger partial charge >= 0.3 is 0 Å². The summed E-state index contributed by atoms with van der Waals surface area (Å²) >= 11 is 0. The van der Waals surface area contributed by atoms with Gasteiger partial charge in [-0.2, -0.15) is 4.31 Å². The van der Waals surface area contributed by atoms with Crippen LogP contribution in [0.4, 0.5) is 0 Å². The average molecular weight is 354 g/mol. The van der Waals surface area contributed by atoms with Crippen molar-refractivity contribution >= 4 is 15.9 Å². The van der Waals surface area contributed by atoms with Gasteiger partial charge in [-0.3, -0.25) is 4.79 Å². The summed E-state index contributed by atoms with van der Waals surface area (Å²) in [4.78, 5) is 11.6. The zero-order chi connectivity index (χ0) is 17.6. The lowest BCUT2D eigenvalue weighted by atomic mass is 10.0. The topological polar surface area (TPSA) is 75.7 Å². The molecule has 0 atom stereocenters. The minimum Gasteiger partial charge on any atom is -0.497 e. The van der Waals surface area contributed by atoms with E-state index in [4.69, 9.17) is 4.74 Å². The number of nitrogens with zero attached hydrogens (tertiary/aromatic N) is 1. The molecule has 0 unspecified atom stereocenters. The Morgan fingerprint density at radius 1 is 1.33 bits per heavy atom. The smallest absolute Gasteiger partial charge is 0.220 e. The predicted molar refractivity (Wildman–Crippen MR) is 93.4 cm³/mol. The van der Waals surface area contributed by atoms with Gasteiger partial charge in [0.1, 0.15) is 5.75 Å².